The van der Waals surface area contributed by atoms with Crippen molar-refractivity contribution in [1.82, 2.24) is 25.0 Å². The number of nitrogens with zero attached hydrogens (tertiary/aromatic N) is 4. The fraction of sp³-hybridized carbons (Fsp3) is 0.444. The van der Waals surface area contributed by atoms with Gasteiger partial charge in [0.05, 0.1) is 6.54 Å². The molecule has 0 saturated heterocycles. The maximum Gasteiger partial charge on any atom is 0.319 e. The zero-order valence-corrected chi connectivity index (χ0v) is 8.88. The fourth-order valence-corrected chi connectivity index (χ4v) is 1.36. The molecule has 2 rings (SSSR count). The van der Waals surface area contributed by atoms with E-state index in [1.54, 1.807) is 0 Å². The van der Waals surface area contributed by atoms with E-state index >= 15 is 0 Å². The quantitative estimate of drug-likeness (QED) is 0.766. The molecule has 2 heterocycles. The molecule has 0 radical (unpaired) electrons. The van der Waals surface area contributed by atoms with E-state index in [4.69, 9.17) is 4.52 Å². The van der Waals surface area contributed by atoms with Gasteiger partial charge in [-0.05, 0) is 0 Å². The lowest BCUT2D eigenvalue weighted by Crippen LogP contribution is -2.20. The first-order chi connectivity index (χ1) is 8.27. The van der Waals surface area contributed by atoms with Crippen molar-refractivity contribution in [2.45, 2.75) is 19.5 Å². The number of imidazole rings is 1. The van der Waals surface area contributed by atoms with Gasteiger partial charge in [0.15, 0.2) is 6.33 Å². The summed E-state index contributed by atoms with van der Waals surface area (Å²) in [7, 11) is 0. The molecule has 0 bridgehead atoms. The minimum absolute atomic E-state index is 0.269. The van der Waals surface area contributed by atoms with E-state index in [0.29, 0.717) is 24.7 Å². The summed E-state index contributed by atoms with van der Waals surface area (Å²) in [6, 6.07) is 0. The third-order valence-corrected chi connectivity index (χ3v) is 2.16. The number of hydrogen-bond acceptors (Lipinski definition) is 5. The zero-order valence-electron chi connectivity index (χ0n) is 8.88. The Labute approximate surface area is 95.7 Å². The molecule has 17 heavy (non-hydrogen) atoms. The summed E-state index contributed by atoms with van der Waals surface area (Å²) in [4.78, 5) is 7.68. The van der Waals surface area contributed by atoms with Crippen LogP contribution >= 0.6 is 0 Å². The van der Waals surface area contributed by atoms with Crippen LogP contribution in [-0.2, 0) is 13.0 Å². The lowest BCUT2D eigenvalue weighted by Gasteiger charge is -2.06. The molecule has 0 saturated carbocycles. The molecule has 2 aromatic heterocycles. The smallest absolute Gasteiger partial charge is 0.319 e. The molecule has 0 aliphatic heterocycles. The normalized spacial score (nSPS) is 11.2. The topological polar surface area (TPSA) is 68.8 Å². The van der Waals surface area contributed by atoms with Gasteiger partial charge in [-0.15, -0.1) is 0 Å². The predicted octanol–water partition coefficient (Wildman–Crippen LogP) is 0.993. The lowest BCUT2D eigenvalue weighted by atomic mass is 10.4. The summed E-state index contributed by atoms with van der Waals surface area (Å²) >= 11 is 0. The van der Waals surface area contributed by atoms with Crippen molar-refractivity contribution >= 4 is 0 Å². The molecule has 0 aromatic carbocycles. The van der Waals surface area contributed by atoms with Crippen molar-refractivity contribution in [1.29, 1.82) is 0 Å². The summed E-state index contributed by atoms with van der Waals surface area (Å²) in [6.45, 7) is -1.74. The number of alkyl halides is 2. The lowest BCUT2D eigenvalue weighted by molar-refractivity contribution is 0.0666. The minimum atomic E-state index is -2.56. The molecule has 0 aliphatic carbocycles. The highest BCUT2D eigenvalue weighted by Gasteiger charge is 2.10. The monoisotopic (exact) mass is 243 g/mol. The molecule has 1 N–H and O–H groups in total. The molecule has 2 aromatic rings. The van der Waals surface area contributed by atoms with E-state index in [1.165, 1.54) is 18.7 Å². The van der Waals surface area contributed by atoms with Crippen LogP contribution in [0.15, 0.2) is 23.2 Å². The summed E-state index contributed by atoms with van der Waals surface area (Å²) in [6.07, 6.45) is 4.47. The van der Waals surface area contributed by atoms with Crippen LogP contribution in [-0.4, -0.2) is 26.2 Å². The van der Waals surface area contributed by atoms with Crippen molar-refractivity contribution in [3.63, 3.8) is 0 Å². The van der Waals surface area contributed by atoms with Gasteiger partial charge in [-0.3, -0.25) is 4.57 Å². The molecule has 8 heteroatoms. The molecule has 0 spiro atoms. The van der Waals surface area contributed by atoms with Gasteiger partial charge in [-0.1, -0.05) is 5.16 Å². The molecule has 6 nitrogen and oxygen atoms in total. The first-order valence-electron chi connectivity index (χ1n) is 5.03. The zero-order chi connectivity index (χ0) is 12.1. The third-order valence-electron chi connectivity index (χ3n) is 2.16. The Balaban J connectivity index is 1.76. The van der Waals surface area contributed by atoms with Crippen LogP contribution in [0.5, 0.6) is 0 Å². The van der Waals surface area contributed by atoms with Crippen molar-refractivity contribution in [3.05, 3.63) is 30.4 Å². The number of halogens is 2. The molecule has 0 unspecified atom stereocenters. The van der Waals surface area contributed by atoms with E-state index in [2.05, 4.69) is 20.4 Å². The molecular weight excluding hydrogens is 232 g/mol. The van der Waals surface area contributed by atoms with Crippen LogP contribution in [0, 0.1) is 0 Å². The second kappa shape index (κ2) is 5.48. The van der Waals surface area contributed by atoms with Crippen LogP contribution in [0.1, 0.15) is 18.3 Å². The fourth-order valence-electron chi connectivity index (χ4n) is 1.36. The Hall–Kier alpha value is -1.83. The van der Waals surface area contributed by atoms with E-state index in [1.807, 2.05) is 0 Å². The first kappa shape index (κ1) is 11.6. The Morgan fingerprint density at radius 2 is 2.29 bits per heavy atom. The molecule has 92 valence electrons. The van der Waals surface area contributed by atoms with Crippen LogP contribution < -0.4 is 5.32 Å². The second-order valence-corrected chi connectivity index (χ2v) is 3.29. The van der Waals surface area contributed by atoms with Gasteiger partial charge in [-0.2, -0.15) is 13.8 Å². The van der Waals surface area contributed by atoms with Crippen molar-refractivity contribution in [2.75, 3.05) is 6.54 Å². The minimum Gasteiger partial charge on any atom is -0.340 e. The maximum atomic E-state index is 12.5. The molecule has 0 aliphatic rings. The predicted molar refractivity (Wildman–Crippen MR) is 53.2 cm³/mol. The summed E-state index contributed by atoms with van der Waals surface area (Å²) in [5.41, 5.74) is 0. The van der Waals surface area contributed by atoms with Crippen molar-refractivity contribution in [3.8, 4) is 0 Å². The highest BCUT2D eigenvalue weighted by atomic mass is 19.3. The van der Waals surface area contributed by atoms with Crippen molar-refractivity contribution in [2.24, 2.45) is 0 Å². The van der Waals surface area contributed by atoms with E-state index in [-0.39, 0.29) is 6.54 Å². The van der Waals surface area contributed by atoms with Crippen LogP contribution in [0.3, 0.4) is 0 Å². The Kier molecular flexibility index (Phi) is 3.76. The van der Waals surface area contributed by atoms with Gasteiger partial charge in [0.2, 0.25) is 5.89 Å². The van der Waals surface area contributed by atoms with Gasteiger partial charge in [0, 0.05) is 25.4 Å². The Bertz CT molecular complexity index is 442. The van der Waals surface area contributed by atoms with Crippen LogP contribution in [0.4, 0.5) is 8.78 Å². The first-order valence-corrected chi connectivity index (χ1v) is 5.03. The van der Waals surface area contributed by atoms with Crippen molar-refractivity contribution < 1.29 is 13.3 Å². The average Bonchev–Trinajstić information content (AvgIpc) is 2.95. The number of hydrogen-bond donors (Lipinski definition) is 1. The average molecular weight is 243 g/mol. The van der Waals surface area contributed by atoms with Gasteiger partial charge in [0.25, 0.3) is 0 Å². The largest absolute Gasteiger partial charge is 0.340 e. The maximum absolute atomic E-state index is 12.5. The number of rotatable bonds is 6. The van der Waals surface area contributed by atoms with Gasteiger partial charge in [-0.25, -0.2) is 4.98 Å². The summed E-state index contributed by atoms with van der Waals surface area (Å²) in [5, 5.41) is 6.44. The second-order valence-electron chi connectivity index (χ2n) is 3.29. The summed E-state index contributed by atoms with van der Waals surface area (Å²) in [5.74, 6) is 0.806. The Morgan fingerprint density at radius 3 is 3.00 bits per heavy atom. The SMILES string of the molecule is FC(F)n1ccnc1CNCCc1ncno1. The van der Waals surface area contributed by atoms with Gasteiger partial charge >= 0.3 is 6.55 Å². The highest BCUT2D eigenvalue weighted by Crippen LogP contribution is 2.11. The van der Waals surface area contributed by atoms with E-state index in [0.717, 1.165) is 4.57 Å². The van der Waals surface area contributed by atoms with Gasteiger partial charge < -0.3 is 9.84 Å². The molecular formula is C9H11F2N5O. The molecule has 0 amide bonds. The van der Waals surface area contributed by atoms with Crippen LogP contribution in [0.2, 0.25) is 0 Å². The highest BCUT2D eigenvalue weighted by molar-refractivity contribution is 4.92. The number of nitrogens with one attached hydrogen (secondary N) is 1. The van der Waals surface area contributed by atoms with Crippen LogP contribution in [0.25, 0.3) is 0 Å². The molecule has 0 fully saturated rings. The van der Waals surface area contributed by atoms with E-state index < -0.39 is 6.55 Å². The van der Waals surface area contributed by atoms with E-state index in [9.17, 15) is 8.78 Å². The standard InChI is InChI=1S/C9H11F2N5O/c10-9(11)16-4-3-13-7(16)5-12-2-1-8-14-6-15-17-8/h3-4,6,9,12H,1-2,5H2. The Morgan fingerprint density at radius 1 is 1.41 bits per heavy atom. The van der Waals surface area contributed by atoms with Gasteiger partial charge in [0.1, 0.15) is 5.82 Å². The third kappa shape index (κ3) is 3.06. The summed E-state index contributed by atoms with van der Waals surface area (Å²) < 4.78 is 30.5. The molecule has 0 atom stereocenters. The number of aromatic nitrogens is 4.